The number of carbonyl (C=O) groups is 1. The van der Waals surface area contributed by atoms with Crippen molar-refractivity contribution in [2.75, 3.05) is 0 Å². The third-order valence-corrected chi connectivity index (χ3v) is 3.29. The van der Waals surface area contributed by atoms with Crippen LogP contribution >= 0.6 is 0 Å². The van der Waals surface area contributed by atoms with Gasteiger partial charge in [0.2, 0.25) is 0 Å². The van der Waals surface area contributed by atoms with Gasteiger partial charge >= 0.3 is 0 Å². The van der Waals surface area contributed by atoms with Crippen LogP contribution in [0.1, 0.15) is 38.7 Å². The smallest absolute Gasteiger partial charge is 0.172 e. The molecule has 0 aliphatic heterocycles. The molecule has 0 aliphatic carbocycles. The summed E-state index contributed by atoms with van der Waals surface area (Å²) in [6.07, 6.45) is 2.04. The van der Waals surface area contributed by atoms with Crippen LogP contribution in [0, 0.1) is 27.7 Å². The third kappa shape index (κ3) is 2.21. The number of furan rings is 1. The topological polar surface area (TPSA) is 43.1 Å². The summed E-state index contributed by atoms with van der Waals surface area (Å²) in [5.41, 5.74) is 3.52. The number of hydrogen-bond acceptors (Lipinski definition) is 3. The van der Waals surface area contributed by atoms with Gasteiger partial charge in [0.25, 0.3) is 0 Å². The van der Waals surface area contributed by atoms with Crippen LogP contribution < -0.4 is 0 Å². The van der Waals surface area contributed by atoms with Gasteiger partial charge in [-0.2, -0.15) is 0 Å². The highest BCUT2D eigenvalue weighted by atomic mass is 16.3. The van der Waals surface area contributed by atoms with Crippen molar-refractivity contribution in [3.05, 3.63) is 52.2 Å². The Morgan fingerprint density at radius 2 is 1.94 bits per heavy atom. The zero-order valence-electron chi connectivity index (χ0n) is 11.2. The Labute approximate surface area is 107 Å². The van der Waals surface area contributed by atoms with Gasteiger partial charge < -0.3 is 4.42 Å². The Kier molecular flexibility index (Phi) is 3.32. The fourth-order valence-electron chi connectivity index (χ4n) is 2.15. The molecule has 0 unspecified atom stereocenters. The Morgan fingerprint density at radius 1 is 1.22 bits per heavy atom. The van der Waals surface area contributed by atoms with Gasteiger partial charge in [-0.05, 0) is 39.3 Å². The predicted octanol–water partition coefficient (Wildman–Crippen LogP) is 3.33. The molecule has 0 atom stereocenters. The van der Waals surface area contributed by atoms with Crippen LogP contribution in [-0.4, -0.2) is 10.8 Å². The van der Waals surface area contributed by atoms with Crippen molar-refractivity contribution in [1.29, 1.82) is 0 Å². The summed E-state index contributed by atoms with van der Waals surface area (Å²) in [5.74, 6) is 1.58. The molecule has 0 bridgehead atoms. The molecule has 0 aromatic carbocycles. The summed E-state index contributed by atoms with van der Waals surface area (Å²) in [4.78, 5) is 16.6. The van der Waals surface area contributed by atoms with Crippen LogP contribution in [0.15, 0.2) is 22.7 Å². The lowest BCUT2D eigenvalue weighted by atomic mass is 10.0. The number of carbonyl (C=O) groups excluding carboxylic acids is 1. The van der Waals surface area contributed by atoms with Crippen molar-refractivity contribution in [2.45, 2.75) is 34.1 Å². The van der Waals surface area contributed by atoms with Crippen molar-refractivity contribution >= 4 is 5.78 Å². The summed E-state index contributed by atoms with van der Waals surface area (Å²) in [5, 5.41) is 0. The maximum Gasteiger partial charge on any atom is 0.172 e. The molecule has 0 saturated carbocycles. The molecule has 0 fully saturated rings. The van der Waals surface area contributed by atoms with E-state index >= 15 is 0 Å². The van der Waals surface area contributed by atoms with Gasteiger partial charge in [-0.3, -0.25) is 9.78 Å². The molecule has 2 rings (SSSR count). The van der Waals surface area contributed by atoms with Gasteiger partial charge in [-0.25, -0.2) is 0 Å². The second-order valence-corrected chi connectivity index (χ2v) is 4.58. The second kappa shape index (κ2) is 4.77. The van der Waals surface area contributed by atoms with Crippen molar-refractivity contribution < 1.29 is 9.21 Å². The quantitative estimate of drug-likeness (QED) is 0.776. The molecule has 0 spiro atoms. The van der Waals surface area contributed by atoms with Gasteiger partial charge in [0.05, 0.1) is 17.7 Å². The molecule has 0 amide bonds. The zero-order chi connectivity index (χ0) is 13.3. The Hall–Kier alpha value is -1.90. The average molecular weight is 243 g/mol. The Bertz CT molecular complexity index is 597. The van der Waals surface area contributed by atoms with E-state index in [9.17, 15) is 4.79 Å². The van der Waals surface area contributed by atoms with Crippen molar-refractivity contribution in [3.63, 3.8) is 0 Å². The number of rotatable bonds is 3. The Balaban J connectivity index is 2.31. The third-order valence-electron chi connectivity index (χ3n) is 3.29. The summed E-state index contributed by atoms with van der Waals surface area (Å²) in [6, 6.07) is 3.84. The minimum absolute atomic E-state index is 0.0728. The fourth-order valence-corrected chi connectivity index (χ4v) is 2.15. The van der Waals surface area contributed by atoms with Crippen molar-refractivity contribution in [2.24, 2.45) is 0 Å². The van der Waals surface area contributed by atoms with E-state index in [1.54, 1.807) is 6.20 Å². The monoisotopic (exact) mass is 243 g/mol. The minimum atomic E-state index is 0.0728. The molecular weight excluding hydrogens is 226 g/mol. The van der Waals surface area contributed by atoms with Gasteiger partial charge in [0, 0.05) is 11.8 Å². The summed E-state index contributed by atoms with van der Waals surface area (Å²) in [6.45, 7) is 7.60. The van der Waals surface area contributed by atoms with Crippen LogP contribution in [0.4, 0.5) is 0 Å². The molecule has 2 heterocycles. The molecule has 2 aromatic heterocycles. The predicted molar refractivity (Wildman–Crippen MR) is 69.9 cm³/mol. The van der Waals surface area contributed by atoms with E-state index in [-0.39, 0.29) is 5.78 Å². The van der Waals surface area contributed by atoms with Crippen LogP contribution in [0.2, 0.25) is 0 Å². The normalized spacial score (nSPS) is 10.7. The van der Waals surface area contributed by atoms with Gasteiger partial charge in [0.15, 0.2) is 5.78 Å². The first-order valence-electron chi connectivity index (χ1n) is 6.01. The zero-order valence-corrected chi connectivity index (χ0v) is 11.2. The van der Waals surface area contributed by atoms with Crippen LogP contribution in [0.5, 0.6) is 0 Å². The molecule has 0 radical (unpaired) electrons. The van der Waals surface area contributed by atoms with Crippen molar-refractivity contribution in [3.8, 4) is 0 Å². The highest BCUT2D eigenvalue weighted by Crippen LogP contribution is 2.22. The maximum atomic E-state index is 12.3. The fraction of sp³-hybridized carbons (Fsp3) is 0.333. The summed E-state index contributed by atoms with van der Waals surface area (Å²) >= 11 is 0. The summed E-state index contributed by atoms with van der Waals surface area (Å²) in [7, 11) is 0. The molecule has 18 heavy (non-hydrogen) atoms. The first kappa shape index (κ1) is 12.6. The standard InChI is InChI=1S/C15H17NO2/c1-9-6-5-7-16-13(9)8-14(17)15-10(2)11(3)18-12(15)4/h5-7H,8H2,1-4H3. The van der Waals surface area contributed by atoms with Gasteiger partial charge in [-0.1, -0.05) is 6.07 Å². The van der Waals surface area contributed by atoms with E-state index in [2.05, 4.69) is 4.98 Å². The molecule has 0 aliphatic rings. The lowest BCUT2D eigenvalue weighted by Gasteiger charge is -2.04. The second-order valence-electron chi connectivity index (χ2n) is 4.58. The van der Waals surface area contributed by atoms with Gasteiger partial charge in [0.1, 0.15) is 11.5 Å². The average Bonchev–Trinajstić information content (AvgIpc) is 2.56. The number of hydrogen-bond donors (Lipinski definition) is 0. The molecular formula is C15H17NO2. The summed E-state index contributed by atoms with van der Waals surface area (Å²) < 4.78 is 5.49. The van der Waals surface area contributed by atoms with Crippen LogP contribution in [0.3, 0.4) is 0 Å². The number of Topliss-reactive ketones (excluding diaryl/α,β-unsaturated/α-hetero) is 1. The SMILES string of the molecule is Cc1cccnc1CC(=O)c1c(C)oc(C)c1C. The molecule has 3 heteroatoms. The number of aryl methyl sites for hydroxylation is 3. The highest BCUT2D eigenvalue weighted by Gasteiger charge is 2.19. The van der Waals surface area contributed by atoms with E-state index in [0.717, 1.165) is 22.6 Å². The number of pyridine rings is 1. The molecule has 0 saturated heterocycles. The maximum absolute atomic E-state index is 12.3. The van der Waals surface area contributed by atoms with Crippen LogP contribution in [-0.2, 0) is 6.42 Å². The van der Waals surface area contributed by atoms with E-state index in [4.69, 9.17) is 4.42 Å². The molecule has 2 aromatic rings. The number of nitrogens with zero attached hydrogens (tertiary/aromatic N) is 1. The number of aromatic nitrogens is 1. The first-order valence-corrected chi connectivity index (χ1v) is 6.01. The molecule has 3 nitrogen and oxygen atoms in total. The van der Waals surface area contributed by atoms with Crippen molar-refractivity contribution in [1.82, 2.24) is 4.98 Å². The minimum Gasteiger partial charge on any atom is -0.466 e. The van der Waals surface area contributed by atoms with Crippen LogP contribution in [0.25, 0.3) is 0 Å². The molecule has 94 valence electrons. The van der Waals surface area contributed by atoms with Gasteiger partial charge in [-0.15, -0.1) is 0 Å². The Morgan fingerprint density at radius 3 is 2.50 bits per heavy atom. The van der Waals surface area contributed by atoms with E-state index in [1.165, 1.54) is 0 Å². The lowest BCUT2D eigenvalue weighted by molar-refractivity contribution is 0.0990. The van der Waals surface area contributed by atoms with E-state index in [1.807, 2.05) is 39.8 Å². The van der Waals surface area contributed by atoms with E-state index < -0.39 is 0 Å². The van der Waals surface area contributed by atoms with E-state index in [0.29, 0.717) is 17.7 Å². The molecule has 0 N–H and O–H groups in total. The largest absolute Gasteiger partial charge is 0.466 e. The first-order chi connectivity index (χ1) is 8.50. The number of ketones is 1. The lowest BCUT2D eigenvalue weighted by Crippen LogP contribution is -2.08. The highest BCUT2D eigenvalue weighted by molar-refractivity contribution is 5.99.